The van der Waals surface area contributed by atoms with Crippen LogP contribution in [0.25, 0.3) is 0 Å². The number of benzene rings is 1. The molecule has 0 radical (unpaired) electrons. The zero-order chi connectivity index (χ0) is 17.4. The number of carbonyl (C=O) groups is 1. The van der Waals surface area contributed by atoms with E-state index >= 15 is 0 Å². The summed E-state index contributed by atoms with van der Waals surface area (Å²) in [6.07, 6.45) is 1.23. The number of thioether (sulfide) groups is 1. The molecule has 3 aliphatic rings. The molecule has 0 N–H and O–H groups in total. The Morgan fingerprint density at radius 3 is 2.96 bits per heavy atom. The standard InChI is InChI=1S/C18H24N2O4S/c1-19(2)17(21)8-22-14-6-18(25-9-14)10-20(11-18)7-13-3-4-15-16(5-13)24-12-23-15/h3-5,14H,6-12H2,1-2H3. The molecule has 1 unspecified atom stereocenters. The fourth-order valence-corrected chi connectivity index (χ4v) is 5.23. The summed E-state index contributed by atoms with van der Waals surface area (Å²) in [5, 5.41) is 0. The zero-order valence-electron chi connectivity index (χ0n) is 14.7. The summed E-state index contributed by atoms with van der Waals surface area (Å²) in [5.41, 5.74) is 1.26. The number of likely N-dealkylation sites (tertiary alicyclic amines) is 1. The highest BCUT2D eigenvalue weighted by atomic mass is 32.2. The van der Waals surface area contributed by atoms with Crippen LogP contribution in [0, 0.1) is 0 Å². The van der Waals surface area contributed by atoms with E-state index in [1.807, 2.05) is 17.8 Å². The molecule has 2 fully saturated rings. The molecule has 4 rings (SSSR count). The van der Waals surface area contributed by atoms with Gasteiger partial charge in [0.1, 0.15) is 6.61 Å². The molecule has 1 aromatic rings. The summed E-state index contributed by atoms with van der Waals surface area (Å²) in [5.74, 6) is 2.70. The van der Waals surface area contributed by atoms with E-state index in [-0.39, 0.29) is 18.6 Å². The highest BCUT2D eigenvalue weighted by Crippen LogP contribution is 2.46. The van der Waals surface area contributed by atoms with Crippen molar-refractivity contribution >= 4 is 17.7 Å². The van der Waals surface area contributed by atoms with Gasteiger partial charge in [0, 0.05) is 44.2 Å². The lowest BCUT2D eigenvalue weighted by Crippen LogP contribution is -2.58. The average Bonchev–Trinajstić information content (AvgIpc) is 3.18. The molecule has 7 heteroatoms. The molecular weight excluding hydrogens is 340 g/mol. The number of carbonyl (C=O) groups excluding carboxylic acids is 1. The van der Waals surface area contributed by atoms with Gasteiger partial charge >= 0.3 is 0 Å². The molecule has 3 aliphatic heterocycles. The van der Waals surface area contributed by atoms with Crippen LogP contribution in [0.5, 0.6) is 11.5 Å². The van der Waals surface area contributed by atoms with Crippen molar-refractivity contribution in [2.45, 2.75) is 23.8 Å². The maximum absolute atomic E-state index is 11.6. The number of ether oxygens (including phenoxy) is 3. The van der Waals surface area contributed by atoms with Crippen LogP contribution in [0.3, 0.4) is 0 Å². The minimum atomic E-state index is 0.0315. The van der Waals surface area contributed by atoms with Crippen LogP contribution in [0.4, 0.5) is 0 Å². The van der Waals surface area contributed by atoms with Crippen molar-refractivity contribution in [2.75, 3.05) is 46.3 Å². The molecule has 1 atom stereocenters. The molecule has 0 aromatic heterocycles. The smallest absolute Gasteiger partial charge is 0.248 e. The second-order valence-corrected chi connectivity index (χ2v) is 8.74. The van der Waals surface area contributed by atoms with Gasteiger partial charge in [0.15, 0.2) is 11.5 Å². The summed E-state index contributed by atoms with van der Waals surface area (Å²) < 4.78 is 16.9. The molecule has 1 aromatic carbocycles. The van der Waals surface area contributed by atoms with Crippen LogP contribution < -0.4 is 9.47 Å². The van der Waals surface area contributed by atoms with Gasteiger partial charge in [-0.3, -0.25) is 9.69 Å². The SMILES string of the molecule is CN(C)C(=O)COC1CSC2(C1)CN(Cc1ccc3c(c1)OCO3)C2. The molecule has 25 heavy (non-hydrogen) atoms. The third-order valence-electron chi connectivity index (χ3n) is 4.98. The van der Waals surface area contributed by atoms with Crippen LogP contribution in [0.2, 0.25) is 0 Å². The van der Waals surface area contributed by atoms with E-state index in [9.17, 15) is 4.79 Å². The summed E-state index contributed by atoms with van der Waals surface area (Å²) in [7, 11) is 3.52. The second kappa shape index (κ2) is 6.70. The van der Waals surface area contributed by atoms with Crippen molar-refractivity contribution in [3.63, 3.8) is 0 Å². The maximum Gasteiger partial charge on any atom is 0.248 e. The lowest BCUT2D eigenvalue weighted by molar-refractivity contribution is -0.135. The van der Waals surface area contributed by atoms with Gasteiger partial charge in [-0.25, -0.2) is 0 Å². The van der Waals surface area contributed by atoms with Crippen molar-refractivity contribution in [3.05, 3.63) is 23.8 Å². The summed E-state index contributed by atoms with van der Waals surface area (Å²) >= 11 is 2.00. The van der Waals surface area contributed by atoms with E-state index in [4.69, 9.17) is 14.2 Å². The van der Waals surface area contributed by atoms with E-state index in [0.717, 1.165) is 43.3 Å². The van der Waals surface area contributed by atoms with Gasteiger partial charge in [0.05, 0.1) is 6.10 Å². The van der Waals surface area contributed by atoms with Gasteiger partial charge in [-0.05, 0) is 24.1 Å². The lowest BCUT2D eigenvalue weighted by Gasteiger charge is -2.47. The molecule has 3 heterocycles. The molecule has 136 valence electrons. The van der Waals surface area contributed by atoms with Crippen LogP contribution in [0.15, 0.2) is 18.2 Å². The Kier molecular flexibility index (Phi) is 4.56. The lowest BCUT2D eigenvalue weighted by atomic mass is 9.92. The zero-order valence-corrected chi connectivity index (χ0v) is 15.5. The quantitative estimate of drug-likeness (QED) is 0.791. The van der Waals surface area contributed by atoms with Crippen LogP contribution >= 0.6 is 11.8 Å². The van der Waals surface area contributed by atoms with Gasteiger partial charge in [0.25, 0.3) is 0 Å². The van der Waals surface area contributed by atoms with Crippen LogP contribution in [-0.2, 0) is 16.1 Å². The number of fused-ring (bicyclic) bond motifs is 1. The van der Waals surface area contributed by atoms with Crippen molar-refractivity contribution in [2.24, 2.45) is 0 Å². The Morgan fingerprint density at radius 2 is 2.16 bits per heavy atom. The van der Waals surface area contributed by atoms with Crippen LogP contribution in [-0.4, -0.2) is 72.9 Å². The Morgan fingerprint density at radius 1 is 1.36 bits per heavy atom. The highest BCUT2D eigenvalue weighted by Gasteiger charge is 2.49. The number of hydrogen-bond donors (Lipinski definition) is 0. The fourth-order valence-electron chi connectivity index (χ4n) is 3.63. The summed E-state index contributed by atoms with van der Waals surface area (Å²) in [4.78, 5) is 15.7. The average molecular weight is 364 g/mol. The Balaban J connectivity index is 1.24. The largest absolute Gasteiger partial charge is 0.454 e. The van der Waals surface area contributed by atoms with Gasteiger partial charge in [0.2, 0.25) is 12.7 Å². The van der Waals surface area contributed by atoms with Gasteiger partial charge in [-0.15, -0.1) is 11.8 Å². The number of nitrogens with zero attached hydrogens (tertiary/aromatic N) is 2. The molecule has 0 bridgehead atoms. The van der Waals surface area contributed by atoms with Gasteiger partial charge < -0.3 is 19.1 Å². The summed E-state index contributed by atoms with van der Waals surface area (Å²) in [6.45, 7) is 3.60. The molecular formula is C18H24N2O4S. The Hall–Kier alpha value is -1.44. The minimum absolute atomic E-state index is 0.0315. The Labute approximate surface area is 152 Å². The second-order valence-electron chi connectivity index (χ2n) is 7.25. The monoisotopic (exact) mass is 364 g/mol. The Bertz CT molecular complexity index is 660. The van der Waals surface area contributed by atoms with E-state index in [2.05, 4.69) is 17.0 Å². The number of likely N-dealkylation sites (N-methyl/N-ethyl adjacent to an activating group) is 1. The van der Waals surface area contributed by atoms with Crippen molar-refractivity contribution in [1.82, 2.24) is 9.80 Å². The van der Waals surface area contributed by atoms with E-state index in [0.29, 0.717) is 11.5 Å². The molecule has 0 saturated carbocycles. The third-order valence-corrected chi connectivity index (χ3v) is 6.56. The first-order chi connectivity index (χ1) is 12.0. The van der Waals surface area contributed by atoms with E-state index in [1.165, 1.54) is 5.56 Å². The van der Waals surface area contributed by atoms with E-state index in [1.54, 1.807) is 19.0 Å². The fraction of sp³-hybridized carbons (Fsp3) is 0.611. The molecule has 1 amide bonds. The van der Waals surface area contributed by atoms with Crippen molar-refractivity contribution < 1.29 is 19.0 Å². The third kappa shape index (κ3) is 3.59. The first-order valence-corrected chi connectivity index (χ1v) is 9.58. The molecule has 6 nitrogen and oxygen atoms in total. The van der Waals surface area contributed by atoms with Crippen molar-refractivity contribution in [1.29, 1.82) is 0 Å². The molecule has 0 aliphatic carbocycles. The molecule has 2 saturated heterocycles. The van der Waals surface area contributed by atoms with Gasteiger partial charge in [-0.1, -0.05) is 6.07 Å². The topological polar surface area (TPSA) is 51.2 Å². The first-order valence-electron chi connectivity index (χ1n) is 8.60. The maximum atomic E-state index is 11.6. The summed E-state index contributed by atoms with van der Waals surface area (Å²) in [6, 6.07) is 6.18. The van der Waals surface area contributed by atoms with Crippen LogP contribution in [0.1, 0.15) is 12.0 Å². The number of rotatable bonds is 5. The predicted octanol–water partition coefficient (Wildman–Crippen LogP) is 1.58. The first kappa shape index (κ1) is 17.0. The normalized spacial score (nSPS) is 23.7. The van der Waals surface area contributed by atoms with Crippen molar-refractivity contribution in [3.8, 4) is 11.5 Å². The predicted molar refractivity (Wildman–Crippen MR) is 96.1 cm³/mol. The number of amides is 1. The van der Waals surface area contributed by atoms with Gasteiger partial charge in [-0.2, -0.15) is 0 Å². The highest BCUT2D eigenvalue weighted by molar-refractivity contribution is 8.01. The van der Waals surface area contributed by atoms with E-state index < -0.39 is 0 Å². The minimum Gasteiger partial charge on any atom is -0.454 e. The molecule has 1 spiro atoms. The number of hydrogen-bond acceptors (Lipinski definition) is 6.